The van der Waals surface area contributed by atoms with Crippen molar-refractivity contribution in [1.82, 2.24) is 9.97 Å². The van der Waals surface area contributed by atoms with Crippen molar-refractivity contribution in [2.45, 2.75) is 52.4 Å². The highest BCUT2D eigenvalue weighted by Crippen LogP contribution is 2.29. The summed E-state index contributed by atoms with van der Waals surface area (Å²) in [5, 5.41) is 0. The highest BCUT2D eigenvalue weighted by molar-refractivity contribution is 9.10. The molecule has 4 heteroatoms. The number of rotatable bonds is 3. The van der Waals surface area contributed by atoms with E-state index in [0.29, 0.717) is 0 Å². The molecule has 1 aromatic heterocycles. The Kier molecular flexibility index (Phi) is 4.49. The van der Waals surface area contributed by atoms with Crippen LogP contribution >= 0.6 is 15.9 Å². The van der Waals surface area contributed by atoms with Gasteiger partial charge in [-0.25, -0.2) is 9.97 Å². The molecule has 1 atom stereocenters. The predicted octanol–water partition coefficient (Wildman–Crippen LogP) is 4.16. The van der Waals surface area contributed by atoms with Crippen LogP contribution in [0.3, 0.4) is 0 Å². The lowest BCUT2D eigenvalue weighted by molar-refractivity contribution is 0.527. The molecule has 19 heavy (non-hydrogen) atoms. The van der Waals surface area contributed by atoms with E-state index >= 15 is 0 Å². The van der Waals surface area contributed by atoms with Crippen LogP contribution in [-0.4, -0.2) is 23.1 Å². The molecule has 0 spiro atoms. The van der Waals surface area contributed by atoms with Gasteiger partial charge in [0.15, 0.2) is 0 Å². The van der Waals surface area contributed by atoms with Crippen LogP contribution in [0.15, 0.2) is 10.7 Å². The topological polar surface area (TPSA) is 29.0 Å². The second-order valence-corrected chi connectivity index (χ2v) is 7.32. The number of aromatic nitrogens is 2. The van der Waals surface area contributed by atoms with Gasteiger partial charge < -0.3 is 4.90 Å². The Balaban J connectivity index is 2.19. The van der Waals surface area contributed by atoms with E-state index < -0.39 is 0 Å². The fourth-order valence-electron chi connectivity index (χ4n) is 2.59. The number of hydrogen-bond donors (Lipinski definition) is 0. The fourth-order valence-corrected chi connectivity index (χ4v) is 2.96. The zero-order valence-corrected chi connectivity index (χ0v) is 14.0. The van der Waals surface area contributed by atoms with Crippen molar-refractivity contribution in [3.63, 3.8) is 0 Å². The monoisotopic (exact) mass is 325 g/mol. The van der Waals surface area contributed by atoms with Crippen molar-refractivity contribution < 1.29 is 0 Å². The average Bonchev–Trinajstić information content (AvgIpc) is 2.76. The maximum atomic E-state index is 4.77. The van der Waals surface area contributed by atoms with Gasteiger partial charge in [0.2, 0.25) is 0 Å². The lowest BCUT2D eigenvalue weighted by Crippen LogP contribution is -2.24. The Hall–Kier alpha value is -0.640. The van der Waals surface area contributed by atoms with Gasteiger partial charge >= 0.3 is 0 Å². The van der Waals surface area contributed by atoms with E-state index in [1.807, 2.05) is 6.07 Å². The molecule has 0 amide bonds. The van der Waals surface area contributed by atoms with E-state index in [1.54, 1.807) is 0 Å². The molecule has 106 valence electrons. The van der Waals surface area contributed by atoms with Gasteiger partial charge in [-0.15, -0.1) is 0 Å². The number of halogens is 1. The third-order valence-corrected chi connectivity index (χ3v) is 4.07. The zero-order valence-electron chi connectivity index (χ0n) is 12.4. The van der Waals surface area contributed by atoms with Crippen LogP contribution in [0.25, 0.3) is 0 Å². The SMILES string of the molecule is CCCC1CCN(c2cc(Br)nc(C(C)(C)C)n2)C1. The quantitative estimate of drug-likeness (QED) is 0.781. The summed E-state index contributed by atoms with van der Waals surface area (Å²) in [5.74, 6) is 2.82. The van der Waals surface area contributed by atoms with Crippen LogP contribution in [0.5, 0.6) is 0 Å². The summed E-state index contributed by atoms with van der Waals surface area (Å²) in [5.41, 5.74) is -0.0128. The second kappa shape index (κ2) is 5.78. The van der Waals surface area contributed by atoms with Gasteiger partial charge in [0.1, 0.15) is 16.2 Å². The van der Waals surface area contributed by atoms with Crippen molar-refractivity contribution in [3.05, 3.63) is 16.5 Å². The molecular weight excluding hydrogens is 302 g/mol. The molecule has 1 aliphatic rings. The zero-order chi connectivity index (χ0) is 14.0. The molecular formula is C15H24BrN3. The molecule has 1 fully saturated rings. The molecule has 1 unspecified atom stereocenters. The summed E-state index contributed by atoms with van der Waals surface area (Å²) >= 11 is 3.52. The first-order chi connectivity index (χ1) is 8.90. The second-order valence-electron chi connectivity index (χ2n) is 6.51. The van der Waals surface area contributed by atoms with Gasteiger partial charge in [-0.1, -0.05) is 34.1 Å². The Labute approximate surface area is 125 Å². The molecule has 0 bridgehead atoms. The van der Waals surface area contributed by atoms with Gasteiger partial charge in [0, 0.05) is 24.6 Å². The molecule has 2 rings (SSSR count). The molecule has 2 heterocycles. The summed E-state index contributed by atoms with van der Waals surface area (Å²) in [6.45, 7) is 11.0. The summed E-state index contributed by atoms with van der Waals surface area (Å²) < 4.78 is 0.890. The maximum Gasteiger partial charge on any atom is 0.137 e. The molecule has 0 aromatic carbocycles. The lowest BCUT2D eigenvalue weighted by atomic mass is 9.96. The number of nitrogens with zero attached hydrogens (tertiary/aromatic N) is 3. The standard InChI is InChI=1S/C15H24BrN3/c1-5-6-11-7-8-19(10-11)13-9-12(16)17-14(18-13)15(2,3)4/h9,11H,5-8,10H2,1-4H3. The van der Waals surface area contributed by atoms with E-state index in [4.69, 9.17) is 4.98 Å². The third kappa shape index (κ3) is 3.68. The Bertz CT molecular complexity index is 440. The highest BCUT2D eigenvalue weighted by Gasteiger charge is 2.25. The van der Waals surface area contributed by atoms with Crippen LogP contribution in [0, 0.1) is 5.92 Å². The summed E-state index contributed by atoms with van der Waals surface area (Å²) in [6.07, 6.45) is 3.90. The Morgan fingerprint density at radius 2 is 2.11 bits per heavy atom. The third-order valence-electron chi connectivity index (χ3n) is 3.66. The first-order valence-electron chi connectivity index (χ1n) is 7.20. The minimum absolute atomic E-state index is 0.0128. The first-order valence-corrected chi connectivity index (χ1v) is 7.99. The number of hydrogen-bond acceptors (Lipinski definition) is 3. The van der Waals surface area contributed by atoms with Gasteiger partial charge in [0.25, 0.3) is 0 Å². The molecule has 1 aromatic rings. The van der Waals surface area contributed by atoms with Gasteiger partial charge in [-0.2, -0.15) is 0 Å². The molecule has 0 aliphatic carbocycles. The van der Waals surface area contributed by atoms with Crippen molar-refractivity contribution in [3.8, 4) is 0 Å². The van der Waals surface area contributed by atoms with Gasteiger partial charge in [-0.3, -0.25) is 0 Å². The Morgan fingerprint density at radius 3 is 2.74 bits per heavy atom. The highest BCUT2D eigenvalue weighted by atomic mass is 79.9. The van der Waals surface area contributed by atoms with Crippen LogP contribution < -0.4 is 4.90 Å². The van der Waals surface area contributed by atoms with E-state index in [9.17, 15) is 0 Å². The molecule has 3 nitrogen and oxygen atoms in total. The summed E-state index contributed by atoms with van der Waals surface area (Å²) in [7, 11) is 0. The summed E-state index contributed by atoms with van der Waals surface area (Å²) in [4.78, 5) is 11.7. The van der Waals surface area contributed by atoms with E-state index in [0.717, 1.165) is 35.3 Å². The Morgan fingerprint density at radius 1 is 1.37 bits per heavy atom. The van der Waals surface area contributed by atoms with Crippen LogP contribution in [0.2, 0.25) is 0 Å². The number of anilines is 1. The summed E-state index contributed by atoms with van der Waals surface area (Å²) in [6, 6.07) is 2.05. The molecule has 1 saturated heterocycles. The normalized spacial score (nSPS) is 20.1. The van der Waals surface area contributed by atoms with Crippen molar-refractivity contribution in [2.24, 2.45) is 5.92 Å². The molecule has 0 N–H and O–H groups in total. The van der Waals surface area contributed by atoms with Crippen molar-refractivity contribution in [1.29, 1.82) is 0 Å². The van der Waals surface area contributed by atoms with Gasteiger partial charge in [0.05, 0.1) is 0 Å². The van der Waals surface area contributed by atoms with Gasteiger partial charge in [-0.05, 0) is 34.7 Å². The van der Waals surface area contributed by atoms with Crippen LogP contribution in [0.1, 0.15) is 52.8 Å². The minimum Gasteiger partial charge on any atom is -0.356 e. The molecule has 0 saturated carbocycles. The average molecular weight is 326 g/mol. The van der Waals surface area contributed by atoms with E-state index in [2.05, 4.69) is 53.5 Å². The predicted molar refractivity (Wildman–Crippen MR) is 83.7 cm³/mol. The van der Waals surface area contributed by atoms with E-state index in [-0.39, 0.29) is 5.41 Å². The lowest BCUT2D eigenvalue weighted by Gasteiger charge is -2.22. The van der Waals surface area contributed by atoms with Crippen LogP contribution in [0.4, 0.5) is 5.82 Å². The van der Waals surface area contributed by atoms with Crippen molar-refractivity contribution >= 4 is 21.7 Å². The largest absolute Gasteiger partial charge is 0.356 e. The molecule has 1 aliphatic heterocycles. The first kappa shape index (κ1) is 14.8. The maximum absolute atomic E-state index is 4.77. The molecule has 0 radical (unpaired) electrons. The fraction of sp³-hybridized carbons (Fsp3) is 0.733. The van der Waals surface area contributed by atoms with Crippen LogP contribution in [-0.2, 0) is 5.41 Å². The van der Waals surface area contributed by atoms with E-state index in [1.165, 1.54) is 19.3 Å². The smallest absolute Gasteiger partial charge is 0.137 e. The van der Waals surface area contributed by atoms with Crippen molar-refractivity contribution in [2.75, 3.05) is 18.0 Å². The minimum atomic E-state index is -0.0128.